The molecule has 1 aliphatic rings. The smallest absolute Gasteiger partial charge is 0.277 e. The lowest BCUT2D eigenvalue weighted by Gasteiger charge is -2.42. The number of likely N-dealkylation sites (N-methyl/N-ethyl adjacent to an activating group) is 1. The molecule has 0 atom stereocenters. The summed E-state index contributed by atoms with van der Waals surface area (Å²) >= 11 is 0. The monoisotopic (exact) mass is 518 g/mol. The summed E-state index contributed by atoms with van der Waals surface area (Å²) in [6, 6.07) is 4.81. The fraction of sp³-hybridized carbons (Fsp3) is 0.542. The van der Waals surface area contributed by atoms with Gasteiger partial charge in [0.1, 0.15) is 11.6 Å². The van der Waals surface area contributed by atoms with Gasteiger partial charge in [-0.3, -0.25) is 9.69 Å². The standard InChI is InChI=1S/C24H34N6O5S/c1-6-8-21-25-16(3)22-24(31)26-23(27-30(21)22)19-13-18(9-10-20(19)35-7-2)36(32,33)29-14-17(15-29)28(4)11-12-34-5/h9-10,13,17H,6-8,11-12,14-15H2,1-5H3,(H,26,27,31). The number of ether oxygens (including phenoxy) is 2. The number of sulfonamides is 1. The molecule has 0 bridgehead atoms. The SMILES string of the molecule is CCCc1nc(C)c2c(=O)[nH]c(-c3cc(S(=O)(=O)N4CC(N(C)CCOC)C4)ccc3OCC)nn12. The van der Waals surface area contributed by atoms with Crippen LogP contribution in [0.4, 0.5) is 0 Å². The third-order valence-corrected chi connectivity index (χ3v) is 8.29. The summed E-state index contributed by atoms with van der Waals surface area (Å²) in [5, 5.41) is 4.65. The molecule has 1 N–H and O–H groups in total. The van der Waals surface area contributed by atoms with Crippen molar-refractivity contribution in [3.8, 4) is 17.1 Å². The Morgan fingerprint density at radius 3 is 2.67 bits per heavy atom. The quantitative estimate of drug-likeness (QED) is 0.407. The van der Waals surface area contributed by atoms with Gasteiger partial charge >= 0.3 is 0 Å². The van der Waals surface area contributed by atoms with Gasteiger partial charge in [-0.2, -0.15) is 4.31 Å². The molecular weight excluding hydrogens is 484 g/mol. The predicted molar refractivity (Wildman–Crippen MR) is 136 cm³/mol. The fourth-order valence-corrected chi connectivity index (χ4v) is 5.88. The molecule has 3 heterocycles. The summed E-state index contributed by atoms with van der Waals surface area (Å²) in [5.41, 5.74) is 1.05. The van der Waals surface area contributed by atoms with Crippen molar-refractivity contribution >= 4 is 15.5 Å². The van der Waals surface area contributed by atoms with E-state index in [1.807, 2.05) is 20.9 Å². The topological polar surface area (TPSA) is 122 Å². The molecule has 0 saturated carbocycles. The van der Waals surface area contributed by atoms with Crippen LogP contribution in [-0.4, -0.2) is 90.3 Å². The molecule has 1 saturated heterocycles. The van der Waals surface area contributed by atoms with Crippen molar-refractivity contribution in [3.05, 3.63) is 40.1 Å². The zero-order chi connectivity index (χ0) is 26.0. The number of imidazole rings is 1. The van der Waals surface area contributed by atoms with E-state index in [2.05, 4.69) is 20.0 Å². The first-order chi connectivity index (χ1) is 17.2. The summed E-state index contributed by atoms with van der Waals surface area (Å²) in [6.45, 7) is 8.15. The van der Waals surface area contributed by atoms with E-state index >= 15 is 0 Å². The van der Waals surface area contributed by atoms with Gasteiger partial charge in [-0.05, 0) is 45.5 Å². The van der Waals surface area contributed by atoms with Crippen LogP contribution in [0, 0.1) is 6.92 Å². The van der Waals surface area contributed by atoms with Crippen molar-refractivity contribution in [2.75, 3.05) is 47.0 Å². The van der Waals surface area contributed by atoms with Crippen LogP contribution < -0.4 is 10.3 Å². The summed E-state index contributed by atoms with van der Waals surface area (Å²) in [6.07, 6.45) is 1.50. The highest BCUT2D eigenvalue weighted by Crippen LogP contribution is 2.33. The van der Waals surface area contributed by atoms with Gasteiger partial charge in [-0.25, -0.2) is 17.9 Å². The predicted octanol–water partition coefficient (Wildman–Crippen LogP) is 1.70. The Bertz CT molecular complexity index is 1390. The number of fused-ring (bicyclic) bond motifs is 1. The number of aryl methyl sites for hydroxylation is 2. The lowest BCUT2D eigenvalue weighted by Crippen LogP contribution is -2.60. The van der Waals surface area contributed by atoms with E-state index < -0.39 is 10.0 Å². The number of methoxy groups -OCH3 is 1. The fourth-order valence-electron chi connectivity index (χ4n) is 4.34. The number of H-pyrrole nitrogens is 1. The van der Waals surface area contributed by atoms with E-state index in [4.69, 9.17) is 9.47 Å². The molecule has 0 amide bonds. The van der Waals surface area contributed by atoms with E-state index in [1.54, 1.807) is 24.6 Å². The molecule has 36 heavy (non-hydrogen) atoms. The van der Waals surface area contributed by atoms with Crippen LogP contribution >= 0.6 is 0 Å². The van der Waals surface area contributed by atoms with Crippen molar-refractivity contribution in [2.45, 2.75) is 44.6 Å². The minimum absolute atomic E-state index is 0.122. The van der Waals surface area contributed by atoms with Crippen molar-refractivity contribution < 1.29 is 17.9 Å². The lowest BCUT2D eigenvalue weighted by molar-refractivity contribution is 0.0807. The minimum Gasteiger partial charge on any atom is -0.493 e. The molecule has 2 aromatic heterocycles. The second-order valence-electron chi connectivity index (χ2n) is 8.97. The molecule has 12 heteroatoms. The number of aromatic amines is 1. The van der Waals surface area contributed by atoms with E-state index in [-0.39, 0.29) is 22.3 Å². The summed E-state index contributed by atoms with van der Waals surface area (Å²) < 4.78 is 40.7. The molecule has 196 valence electrons. The second-order valence-corrected chi connectivity index (χ2v) is 10.9. The van der Waals surface area contributed by atoms with Gasteiger partial charge in [0.25, 0.3) is 5.56 Å². The third kappa shape index (κ3) is 4.90. The first-order valence-corrected chi connectivity index (χ1v) is 13.6. The van der Waals surface area contributed by atoms with Crippen LogP contribution in [-0.2, 0) is 21.2 Å². The minimum atomic E-state index is -3.74. The maximum absolute atomic E-state index is 13.4. The van der Waals surface area contributed by atoms with Crippen LogP contribution in [0.2, 0.25) is 0 Å². The largest absolute Gasteiger partial charge is 0.493 e. The highest BCUT2D eigenvalue weighted by Gasteiger charge is 2.38. The van der Waals surface area contributed by atoms with Gasteiger partial charge in [0, 0.05) is 39.2 Å². The molecule has 11 nitrogen and oxygen atoms in total. The van der Waals surface area contributed by atoms with Crippen LogP contribution in [0.25, 0.3) is 16.9 Å². The average Bonchev–Trinajstić information content (AvgIpc) is 3.12. The van der Waals surface area contributed by atoms with E-state index in [1.165, 1.54) is 16.4 Å². The Hall–Kier alpha value is -2.80. The van der Waals surface area contributed by atoms with Crippen molar-refractivity contribution in [2.24, 2.45) is 0 Å². The first-order valence-electron chi connectivity index (χ1n) is 12.2. The van der Waals surface area contributed by atoms with Crippen molar-refractivity contribution in [3.63, 3.8) is 0 Å². The number of nitrogens with zero attached hydrogens (tertiary/aromatic N) is 5. The maximum atomic E-state index is 13.4. The molecule has 0 radical (unpaired) electrons. The average molecular weight is 519 g/mol. The van der Waals surface area contributed by atoms with Gasteiger partial charge in [0.2, 0.25) is 10.0 Å². The number of benzene rings is 1. The zero-order valence-electron chi connectivity index (χ0n) is 21.4. The molecule has 0 unspecified atom stereocenters. The Balaban J connectivity index is 1.71. The van der Waals surface area contributed by atoms with E-state index in [0.717, 1.165) is 13.0 Å². The zero-order valence-corrected chi connectivity index (χ0v) is 22.3. The molecule has 0 spiro atoms. The molecule has 1 aliphatic heterocycles. The summed E-state index contributed by atoms with van der Waals surface area (Å²) in [4.78, 5) is 22.5. The van der Waals surface area contributed by atoms with Crippen molar-refractivity contribution in [1.82, 2.24) is 28.8 Å². The number of hydrogen-bond donors (Lipinski definition) is 1. The Kier molecular flexibility index (Phi) is 7.79. The number of hydrogen-bond acceptors (Lipinski definition) is 8. The normalized spacial score (nSPS) is 15.1. The third-order valence-electron chi connectivity index (χ3n) is 6.46. The van der Waals surface area contributed by atoms with E-state index in [0.29, 0.717) is 61.1 Å². The van der Waals surface area contributed by atoms with Crippen LogP contribution in [0.3, 0.4) is 0 Å². The number of aromatic nitrogens is 4. The van der Waals surface area contributed by atoms with Gasteiger partial charge in [-0.1, -0.05) is 6.92 Å². The van der Waals surface area contributed by atoms with Gasteiger partial charge in [0.15, 0.2) is 11.3 Å². The van der Waals surface area contributed by atoms with E-state index in [9.17, 15) is 13.2 Å². The summed E-state index contributed by atoms with van der Waals surface area (Å²) in [5.74, 6) is 1.35. The molecule has 1 fully saturated rings. The number of nitrogens with one attached hydrogen (secondary N) is 1. The second kappa shape index (κ2) is 10.7. The molecule has 1 aromatic carbocycles. The first kappa shape index (κ1) is 26.3. The van der Waals surface area contributed by atoms with Crippen molar-refractivity contribution in [1.29, 1.82) is 0 Å². The Morgan fingerprint density at radius 1 is 1.25 bits per heavy atom. The molecule has 3 aromatic rings. The summed E-state index contributed by atoms with van der Waals surface area (Å²) in [7, 11) is -0.126. The maximum Gasteiger partial charge on any atom is 0.277 e. The van der Waals surface area contributed by atoms with Gasteiger partial charge < -0.3 is 14.5 Å². The Morgan fingerprint density at radius 2 is 2.00 bits per heavy atom. The molecule has 4 rings (SSSR count). The lowest BCUT2D eigenvalue weighted by atomic mass is 10.1. The van der Waals surface area contributed by atoms with Crippen LogP contribution in [0.1, 0.15) is 31.8 Å². The highest BCUT2D eigenvalue weighted by atomic mass is 32.2. The number of rotatable bonds is 11. The van der Waals surface area contributed by atoms with Crippen LogP contribution in [0.15, 0.2) is 27.9 Å². The van der Waals surface area contributed by atoms with Gasteiger partial charge in [0.05, 0.1) is 29.4 Å². The van der Waals surface area contributed by atoms with Gasteiger partial charge in [-0.15, -0.1) is 5.10 Å². The Labute approximate surface area is 211 Å². The highest BCUT2D eigenvalue weighted by molar-refractivity contribution is 7.89. The molecule has 0 aliphatic carbocycles. The van der Waals surface area contributed by atoms with Crippen LogP contribution in [0.5, 0.6) is 5.75 Å². The molecular formula is C24H34N6O5S.